The second-order valence-corrected chi connectivity index (χ2v) is 6.12. The Morgan fingerprint density at radius 2 is 2.00 bits per heavy atom. The predicted molar refractivity (Wildman–Crippen MR) is 59.0 cm³/mol. The molecular formula is C10H20FNO2S. The maximum Gasteiger partial charge on any atom is 0.214 e. The molecule has 15 heavy (non-hydrogen) atoms. The van der Waals surface area contributed by atoms with Crippen LogP contribution in [0.4, 0.5) is 4.39 Å². The molecule has 1 aliphatic heterocycles. The van der Waals surface area contributed by atoms with Crippen LogP contribution >= 0.6 is 0 Å². The number of alkyl halides is 1. The van der Waals surface area contributed by atoms with E-state index < -0.39 is 16.2 Å². The van der Waals surface area contributed by atoms with Gasteiger partial charge in [0.25, 0.3) is 0 Å². The van der Waals surface area contributed by atoms with Gasteiger partial charge in [0.15, 0.2) is 0 Å². The van der Waals surface area contributed by atoms with E-state index in [1.807, 2.05) is 6.92 Å². The lowest BCUT2D eigenvalue weighted by atomic mass is 10.1. The lowest BCUT2D eigenvalue weighted by Gasteiger charge is -2.26. The fourth-order valence-corrected chi connectivity index (χ4v) is 3.84. The van der Waals surface area contributed by atoms with Crippen LogP contribution in [0.25, 0.3) is 0 Å². The van der Waals surface area contributed by atoms with Gasteiger partial charge in [-0.25, -0.2) is 12.8 Å². The molecule has 0 amide bonds. The topological polar surface area (TPSA) is 37.4 Å². The minimum absolute atomic E-state index is 0.146. The van der Waals surface area contributed by atoms with Crippen LogP contribution in [-0.2, 0) is 10.0 Å². The summed E-state index contributed by atoms with van der Waals surface area (Å²) in [5.41, 5.74) is 0. The molecule has 0 saturated carbocycles. The first-order valence-electron chi connectivity index (χ1n) is 5.64. The average molecular weight is 237 g/mol. The summed E-state index contributed by atoms with van der Waals surface area (Å²) in [6, 6.07) is -0.146. The van der Waals surface area contributed by atoms with E-state index >= 15 is 0 Å². The van der Waals surface area contributed by atoms with Gasteiger partial charge in [-0.15, -0.1) is 0 Å². The molecule has 90 valence electrons. The van der Waals surface area contributed by atoms with E-state index in [4.69, 9.17) is 0 Å². The Morgan fingerprint density at radius 1 is 1.33 bits per heavy atom. The van der Waals surface area contributed by atoms with Crippen molar-refractivity contribution in [3.63, 3.8) is 0 Å². The monoisotopic (exact) mass is 237 g/mol. The number of sulfonamides is 1. The summed E-state index contributed by atoms with van der Waals surface area (Å²) in [5.74, 6) is 0.229. The van der Waals surface area contributed by atoms with Gasteiger partial charge >= 0.3 is 0 Å². The van der Waals surface area contributed by atoms with Gasteiger partial charge < -0.3 is 0 Å². The Morgan fingerprint density at radius 3 is 2.40 bits per heavy atom. The van der Waals surface area contributed by atoms with Gasteiger partial charge in [-0.1, -0.05) is 13.8 Å². The summed E-state index contributed by atoms with van der Waals surface area (Å²) in [5, 5.41) is 0. The normalized spacial score (nSPS) is 25.3. The molecule has 2 atom stereocenters. The van der Waals surface area contributed by atoms with E-state index in [1.165, 1.54) is 4.31 Å². The summed E-state index contributed by atoms with van der Waals surface area (Å²) >= 11 is 0. The summed E-state index contributed by atoms with van der Waals surface area (Å²) in [7, 11) is -3.09. The van der Waals surface area contributed by atoms with Crippen molar-refractivity contribution < 1.29 is 12.8 Å². The summed E-state index contributed by atoms with van der Waals surface area (Å²) in [6.45, 7) is 4.27. The fourth-order valence-electron chi connectivity index (χ4n) is 2.02. The molecule has 0 N–H and O–H groups in total. The maximum atomic E-state index is 13.3. The van der Waals surface area contributed by atoms with Crippen LogP contribution in [0, 0.1) is 0 Å². The van der Waals surface area contributed by atoms with Crippen molar-refractivity contribution in [2.24, 2.45) is 0 Å². The third-order valence-electron chi connectivity index (χ3n) is 2.99. The quantitative estimate of drug-likeness (QED) is 0.733. The molecule has 1 saturated heterocycles. The zero-order valence-corrected chi connectivity index (χ0v) is 10.3. The molecule has 3 nitrogen and oxygen atoms in total. The number of hydrogen-bond acceptors (Lipinski definition) is 2. The Labute approximate surface area is 91.7 Å². The van der Waals surface area contributed by atoms with E-state index in [0.29, 0.717) is 32.2 Å². The SMILES string of the molecule is CC[C@@H](F)C[C@H](CC)N1CCCS1(=O)=O. The Balaban J connectivity index is 2.66. The van der Waals surface area contributed by atoms with Gasteiger partial charge in [0.1, 0.15) is 6.17 Å². The van der Waals surface area contributed by atoms with Crippen LogP contribution < -0.4 is 0 Å². The molecule has 5 heteroatoms. The highest BCUT2D eigenvalue weighted by atomic mass is 32.2. The third-order valence-corrected chi connectivity index (χ3v) is 4.99. The van der Waals surface area contributed by atoms with Crippen LogP contribution in [-0.4, -0.2) is 37.2 Å². The highest BCUT2D eigenvalue weighted by molar-refractivity contribution is 7.89. The molecular weight excluding hydrogens is 217 g/mol. The zero-order valence-electron chi connectivity index (χ0n) is 9.45. The molecule has 0 aromatic carbocycles. The highest BCUT2D eigenvalue weighted by Gasteiger charge is 2.34. The van der Waals surface area contributed by atoms with Crippen molar-refractivity contribution in [3.8, 4) is 0 Å². The van der Waals surface area contributed by atoms with Crippen molar-refractivity contribution >= 4 is 10.0 Å². The molecule has 0 unspecified atom stereocenters. The van der Waals surface area contributed by atoms with E-state index in [1.54, 1.807) is 6.92 Å². The first-order chi connectivity index (χ1) is 7.01. The summed E-state index contributed by atoms with van der Waals surface area (Å²) in [6.07, 6.45) is 1.30. The molecule has 1 aliphatic rings. The summed E-state index contributed by atoms with van der Waals surface area (Å²) in [4.78, 5) is 0. The molecule has 1 rings (SSSR count). The highest BCUT2D eigenvalue weighted by Crippen LogP contribution is 2.23. The number of halogens is 1. The standard InChI is InChI=1S/C10H20FNO2S/c1-3-9(11)8-10(4-2)12-6-5-7-15(12,13)14/h9-10H,3-8H2,1-2H3/t9-,10+/m1/s1. The fraction of sp³-hybridized carbons (Fsp3) is 1.00. The molecule has 0 aromatic heterocycles. The largest absolute Gasteiger partial charge is 0.247 e. The minimum atomic E-state index is -3.09. The summed E-state index contributed by atoms with van der Waals surface area (Å²) < 4.78 is 38.0. The van der Waals surface area contributed by atoms with Gasteiger partial charge in [0, 0.05) is 12.6 Å². The molecule has 0 bridgehead atoms. The van der Waals surface area contributed by atoms with Gasteiger partial charge in [0.05, 0.1) is 5.75 Å². The molecule has 0 aromatic rings. The van der Waals surface area contributed by atoms with Crippen LogP contribution in [0.3, 0.4) is 0 Å². The molecule has 0 aliphatic carbocycles. The third kappa shape index (κ3) is 3.14. The first-order valence-corrected chi connectivity index (χ1v) is 7.25. The zero-order chi connectivity index (χ0) is 11.5. The van der Waals surface area contributed by atoms with E-state index in [2.05, 4.69) is 0 Å². The Kier molecular flexibility index (Phi) is 4.52. The van der Waals surface area contributed by atoms with Crippen LogP contribution in [0.2, 0.25) is 0 Å². The predicted octanol–water partition coefficient (Wildman–Crippen LogP) is 1.94. The maximum absolute atomic E-state index is 13.3. The van der Waals surface area contributed by atoms with Crippen molar-refractivity contribution in [2.75, 3.05) is 12.3 Å². The molecule has 0 spiro atoms. The van der Waals surface area contributed by atoms with E-state index in [-0.39, 0.29) is 11.8 Å². The van der Waals surface area contributed by atoms with Crippen molar-refractivity contribution in [1.82, 2.24) is 4.31 Å². The number of hydrogen-bond donors (Lipinski definition) is 0. The van der Waals surface area contributed by atoms with Crippen LogP contribution in [0.1, 0.15) is 39.5 Å². The minimum Gasteiger partial charge on any atom is -0.247 e. The van der Waals surface area contributed by atoms with Crippen molar-refractivity contribution in [2.45, 2.75) is 51.7 Å². The molecule has 0 radical (unpaired) electrons. The molecule has 1 heterocycles. The number of nitrogens with zero attached hydrogens (tertiary/aromatic N) is 1. The Hall–Kier alpha value is -0.160. The van der Waals surface area contributed by atoms with Crippen LogP contribution in [0.15, 0.2) is 0 Å². The van der Waals surface area contributed by atoms with Crippen LogP contribution in [0.5, 0.6) is 0 Å². The van der Waals surface area contributed by atoms with Gasteiger partial charge in [-0.05, 0) is 25.7 Å². The smallest absolute Gasteiger partial charge is 0.214 e. The van der Waals surface area contributed by atoms with Gasteiger partial charge in [0.2, 0.25) is 10.0 Å². The molecule has 1 fully saturated rings. The van der Waals surface area contributed by atoms with E-state index in [0.717, 1.165) is 0 Å². The van der Waals surface area contributed by atoms with Gasteiger partial charge in [-0.2, -0.15) is 4.31 Å². The van der Waals surface area contributed by atoms with Crippen molar-refractivity contribution in [3.05, 3.63) is 0 Å². The van der Waals surface area contributed by atoms with Crippen molar-refractivity contribution in [1.29, 1.82) is 0 Å². The lowest BCUT2D eigenvalue weighted by Crippen LogP contribution is -2.37. The van der Waals surface area contributed by atoms with Gasteiger partial charge in [-0.3, -0.25) is 0 Å². The second-order valence-electron chi connectivity index (χ2n) is 4.08. The second kappa shape index (κ2) is 5.25. The van der Waals surface area contributed by atoms with E-state index in [9.17, 15) is 12.8 Å². The Bertz CT molecular complexity index is 292. The lowest BCUT2D eigenvalue weighted by molar-refractivity contribution is 0.223. The number of rotatable bonds is 5. The first kappa shape index (κ1) is 12.9. The average Bonchev–Trinajstić information content (AvgIpc) is 2.54.